The first-order chi connectivity index (χ1) is 11.6. The minimum atomic E-state index is -0.561. The molecule has 0 aliphatic carbocycles. The second-order valence-corrected chi connectivity index (χ2v) is 5.77. The van der Waals surface area contributed by atoms with Crippen LogP contribution in [-0.2, 0) is 19.1 Å². The first kappa shape index (κ1) is 18.4. The molecular weight excluding hydrogens is 310 g/mol. The minimum absolute atomic E-state index is 0.0816. The van der Waals surface area contributed by atoms with Gasteiger partial charge in [-0.2, -0.15) is 0 Å². The Hall–Kier alpha value is -1.99. The Morgan fingerprint density at radius 2 is 2.29 bits per heavy atom. The van der Waals surface area contributed by atoms with Crippen LogP contribution < -0.4 is 10.6 Å². The number of hydrogen-bond donors (Lipinski definition) is 2. The third-order valence-corrected chi connectivity index (χ3v) is 3.76. The third kappa shape index (κ3) is 6.64. The minimum Gasteiger partial charge on any atom is -0.376 e. The van der Waals surface area contributed by atoms with Gasteiger partial charge in [-0.3, -0.25) is 9.59 Å². The predicted molar refractivity (Wildman–Crippen MR) is 89.5 cm³/mol. The fraction of sp³-hybridized carbons (Fsp3) is 0.588. The first-order valence-electron chi connectivity index (χ1n) is 8.37. The quantitative estimate of drug-likeness (QED) is 0.751. The first-order valence-corrected chi connectivity index (χ1v) is 8.37. The van der Waals surface area contributed by atoms with E-state index in [9.17, 15) is 9.59 Å². The maximum absolute atomic E-state index is 11.9. The Labute approximate surface area is 142 Å². The summed E-state index contributed by atoms with van der Waals surface area (Å²) in [6, 6.07) is 5.27. The molecular formula is C17H25N3O4. The predicted octanol–water partition coefficient (Wildman–Crippen LogP) is 1.50. The van der Waals surface area contributed by atoms with Gasteiger partial charge in [-0.25, -0.2) is 4.98 Å². The average Bonchev–Trinajstić information content (AvgIpc) is 2.61. The number of pyridine rings is 1. The number of hydrogen-bond acceptors (Lipinski definition) is 5. The molecule has 24 heavy (non-hydrogen) atoms. The highest BCUT2D eigenvalue weighted by atomic mass is 16.5. The van der Waals surface area contributed by atoms with Crippen LogP contribution >= 0.6 is 0 Å². The molecule has 2 N–H and O–H groups in total. The number of carbonyl (C=O) groups is 2. The summed E-state index contributed by atoms with van der Waals surface area (Å²) in [6.45, 7) is 3.14. The van der Waals surface area contributed by atoms with Crippen LogP contribution in [0.25, 0.3) is 0 Å². The summed E-state index contributed by atoms with van der Waals surface area (Å²) in [7, 11) is 0. The van der Waals surface area contributed by atoms with Crippen molar-refractivity contribution in [1.29, 1.82) is 0 Å². The lowest BCUT2D eigenvalue weighted by molar-refractivity contribution is -0.135. The molecule has 0 radical (unpaired) electrons. The lowest BCUT2D eigenvalue weighted by atomic mass is 10.1. The summed E-state index contributed by atoms with van der Waals surface area (Å²) in [5.74, 6) is 0.0765. The molecule has 1 aromatic heterocycles. The van der Waals surface area contributed by atoms with Gasteiger partial charge < -0.3 is 20.1 Å². The molecule has 2 atom stereocenters. The number of carbonyl (C=O) groups excluding carboxylic acids is 2. The van der Waals surface area contributed by atoms with E-state index in [1.807, 2.05) is 0 Å². The lowest BCUT2D eigenvalue weighted by Gasteiger charge is -2.23. The molecule has 2 amide bonds. The fourth-order valence-corrected chi connectivity index (χ4v) is 2.35. The van der Waals surface area contributed by atoms with Crippen molar-refractivity contribution < 1.29 is 19.1 Å². The summed E-state index contributed by atoms with van der Waals surface area (Å²) in [4.78, 5) is 27.7. The molecule has 0 bridgehead atoms. The largest absolute Gasteiger partial charge is 0.376 e. The molecule has 7 nitrogen and oxygen atoms in total. The van der Waals surface area contributed by atoms with E-state index in [2.05, 4.69) is 15.6 Å². The van der Waals surface area contributed by atoms with Crippen LogP contribution in [0.5, 0.6) is 0 Å². The van der Waals surface area contributed by atoms with Gasteiger partial charge in [-0.15, -0.1) is 0 Å². The van der Waals surface area contributed by atoms with Crippen LogP contribution in [0.4, 0.5) is 5.82 Å². The molecule has 0 spiro atoms. The molecule has 0 aromatic carbocycles. The second kappa shape index (κ2) is 10.00. The molecule has 2 rings (SSSR count). The van der Waals surface area contributed by atoms with E-state index < -0.39 is 6.10 Å². The summed E-state index contributed by atoms with van der Waals surface area (Å²) in [5.41, 5.74) is 0. The van der Waals surface area contributed by atoms with Gasteiger partial charge in [0.15, 0.2) is 0 Å². The van der Waals surface area contributed by atoms with Crippen LogP contribution in [0.1, 0.15) is 32.6 Å². The SMILES string of the molecule is C[C@@H](OC[C@H]1CCCCO1)C(=O)NCCC(=O)Nc1ccccn1. The van der Waals surface area contributed by atoms with Gasteiger partial charge in [0.25, 0.3) is 0 Å². The molecule has 0 saturated carbocycles. The Balaban J connectivity index is 1.58. The van der Waals surface area contributed by atoms with E-state index in [4.69, 9.17) is 9.47 Å². The Bertz CT molecular complexity index is 518. The maximum Gasteiger partial charge on any atom is 0.248 e. The molecule has 1 aliphatic rings. The molecule has 132 valence electrons. The van der Waals surface area contributed by atoms with Crippen LogP contribution in [0.15, 0.2) is 24.4 Å². The van der Waals surface area contributed by atoms with E-state index in [-0.39, 0.29) is 30.9 Å². The monoisotopic (exact) mass is 335 g/mol. The Morgan fingerprint density at radius 1 is 1.42 bits per heavy atom. The molecule has 0 unspecified atom stereocenters. The van der Waals surface area contributed by atoms with Gasteiger partial charge >= 0.3 is 0 Å². The highest BCUT2D eigenvalue weighted by Crippen LogP contribution is 2.13. The zero-order valence-electron chi connectivity index (χ0n) is 14.0. The highest BCUT2D eigenvalue weighted by molar-refractivity contribution is 5.90. The van der Waals surface area contributed by atoms with Gasteiger partial charge in [0.2, 0.25) is 11.8 Å². The summed E-state index contributed by atoms with van der Waals surface area (Å²) < 4.78 is 11.1. The number of nitrogens with zero attached hydrogens (tertiary/aromatic N) is 1. The number of rotatable bonds is 8. The number of anilines is 1. The smallest absolute Gasteiger partial charge is 0.248 e. The van der Waals surface area contributed by atoms with E-state index in [0.29, 0.717) is 12.4 Å². The topological polar surface area (TPSA) is 89.5 Å². The number of ether oxygens (including phenoxy) is 2. The average molecular weight is 335 g/mol. The van der Waals surface area contributed by atoms with Crippen molar-refractivity contribution in [3.63, 3.8) is 0 Å². The number of nitrogens with one attached hydrogen (secondary N) is 2. The highest BCUT2D eigenvalue weighted by Gasteiger charge is 2.18. The van der Waals surface area contributed by atoms with Crippen LogP contribution in [0.2, 0.25) is 0 Å². The summed E-state index contributed by atoms with van der Waals surface area (Å²) in [6.07, 6.45) is 4.51. The number of aromatic nitrogens is 1. The van der Waals surface area contributed by atoms with E-state index >= 15 is 0 Å². The van der Waals surface area contributed by atoms with Crippen molar-refractivity contribution in [2.45, 2.75) is 44.8 Å². The molecule has 2 heterocycles. The number of amides is 2. The normalized spacial score (nSPS) is 18.6. The summed E-state index contributed by atoms with van der Waals surface area (Å²) >= 11 is 0. The molecule has 7 heteroatoms. The fourth-order valence-electron chi connectivity index (χ4n) is 2.35. The zero-order chi connectivity index (χ0) is 17.2. The van der Waals surface area contributed by atoms with E-state index in [0.717, 1.165) is 25.9 Å². The molecule has 1 aliphatic heterocycles. The second-order valence-electron chi connectivity index (χ2n) is 5.77. The Morgan fingerprint density at radius 3 is 3.00 bits per heavy atom. The van der Waals surface area contributed by atoms with E-state index in [1.54, 1.807) is 31.3 Å². The van der Waals surface area contributed by atoms with Crippen LogP contribution in [-0.4, -0.2) is 48.8 Å². The maximum atomic E-state index is 11.9. The molecule has 1 saturated heterocycles. The van der Waals surface area contributed by atoms with Gasteiger partial charge in [0.1, 0.15) is 11.9 Å². The van der Waals surface area contributed by atoms with Crippen molar-refractivity contribution in [2.75, 3.05) is 25.1 Å². The van der Waals surface area contributed by atoms with Gasteiger partial charge in [0, 0.05) is 25.8 Å². The van der Waals surface area contributed by atoms with Crippen molar-refractivity contribution in [2.24, 2.45) is 0 Å². The van der Waals surface area contributed by atoms with E-state index in [1.165, 1.54) is 0 Å². The van der Waals surface area contributed by atoms with Gasteiger partial charge in [0.05, 0.1) is 12.7 Å². The van der Waals surface area contributed by atoms with Crippen molar-refractivity contribution in [3.05, 3.63) is 24.4 Å². The molecule has 1 aromatic rings. The van der Waals surface area contributed by atoms with Crippen molar-refractivity contribution in [1.82, 2.24) is 10.3 Å². The van der Waals surface area contributed by atoms with Crippen molar-refractivity contribution in [3.8, 4) is 0 Å². The zero-order valence-corrected chi connectivity index (χ0v) is 14.0. The standard InChI is InChI=1S/C17H25N3O4/c1-13(24-12-14-6-3-5-11-23-14)17(22)19-10-8-16(21)20-15-7-2-4-9-18-15/h2,4,7,9,13-14H,3,5-6,8,10-12H2,1H3,(H,19,22)(H,18,20,21)/t13-,14-/m1/s1. The third-order valence-electron chi connectivity index (χ3n) is 3.76. The van der Waals surface area contributed by atoms with Gasteiger partial charge in [-0.1, -0.05) is 6.07 Å². The van der Waals surface area contributed by atoms with Crippen molar-refractivity contribution >= 4 is 17.6 Å². The van der Waals surface area contributed by atoms with Crippen LogP contribution in [0.3, 0.4) is 0 Å². The molecule has 1 fully saturated rings. The Kier molecular flexibility index (Phi) is 7.64. The van der Waals surface area contributed by atoms with Gasteiger partial charge in [-0.05, 0) is 38.3 Å². The summed E-state index contributed by atoms with van der Waals surface area (Å²) in [5, 5.41) is 5.36. The van der Waals surface area contributed by atoms with Crippen LogP contribution in [0, 0.1) is 0 Å². The lowest BCUT2D eigenvalue weighted by Crippen LogP contribution is -2.38.